The van der Waals surface area contributed by atoms with Gasteiger partial charge in [-0.05, 0) is 52.8 Å². The van der Waals surface area contributed by atoms with Crippen molar-refractivity contribution < 1.29 is 4.74 Å². The Morgan fingerprint density at radius 1 is 1.29 bits per heavy atom. The van der Waals surface area contributed by atoms with E-state index < -0.39 is 0 Å². The predicted octanol–water partition coefficient (Wildman–Crippen LogP) is 3.42. The maximum absolute atomic E-state index is 5.72. The molecule has 0 unspecified atom stereocenters. The second-order valence-electron chi connectivity index (χ2n) is 5.67. The van der Waals surface area contributed by atoms with Crippen LogP contribution in [0.4, 0.5) is 0 Å². The van der Waals surface area contributed by atoms with Crippen molar-refractivity contribution in [3.05, 3.63) is 46.3 Å². The summed E-state index contributed by atoms with van der Waals surface area (Å²) < 4.78 is 5.72. The van der Waals surface area contributed by atoms with Crippen molar-refractivity contribution in [2.24, 2.45) is 10.9 Å². The summed E-state index contributed by atoms with van der Waals surface area (Å²) >= 11 is 1.70. The lowest BCUT2D eigenvalue weighted by Gasteiger charge is -2.12. The Morgan fingerprint density at radius 3 is 2.75 bits per heavy atom. The summed E-state index contributed by atoms with van der Waals surface area (Å²) in [6, 6.07) is 6.09. The van der Waals surface area contributed by atoms with E-state index in [2.05, 4.69) is 37.4 Å². The summed E-state index contributed by atoms with van der Waals surface area (Å²) in [4.78, 5) is 8.51. The molecular weight excluding hydrogens is 435 g/mol. The van der Waals surface area contributed by atoms with Crippen LogP contribution in [0.5, 0.6) is 5.88 Å². The highest BCUT2D eigenvalue weighted by Gasteiger charge is 2.22. The third-order valence-electron chi connectivity index (χ3n) is 3.69. The van der Waals surface area contributed by atoms with E-state index >= 15 is 0 Å². The Labute approximate surface area is 164 Å². The summed E-state index contributed by atoms with van der Waals surface area (Å²) in [6.45, 7) is 2.24. The molecule has 2 aromatic heterocycles. The third-order valence-corrected chi connectivity index (χ3v) is 4.42. The number of ether oxygens (including phenoxy) is 1. The molecule has 0 spiro atoms. The highest BCUT2D eigenvalue weighted by molar-refractivity contribution is 14.0. The van der Waals surface area contributed by atoms with Gasteiger partial charge in [0.15, 0.2) is 5.96 Å². The molecule has 7 heteroatoms. The van der Waals surface area contributed by atoms with Gasteiger partial charge in [-0.1, -0.05) is 0 Å². The predicted molar refractivity (Wildman–Crippen MR) is 109 cm³/mol. The van der Waals surface area contributed by atoms with E-state index in [1.165, 1.54) is 18.4 Å². The van der Waals surface area contributed by atoms with Gasteiger partial charge in [0, 0.05) is 32.4 Å². The monoisotopic (exact) mass is 458 g/mol. The fourth-order valence-electron chi connectivity index (χ4n) is 2.11. The molecule has 0 aromatic carbocycles. The van der Waals surface area contributed by atoms with E-state index in [4.69, 9.17) is 4.74 Å². The molecule has 0 aliphatic heterocycles. The summed E-state index contributed by atoms with van der Waals surface area (Å²) in [7, 11) is 1.78. The average molecular weight is 458 g/mol. The molecule has 130 valence electrons. The van der Waals surface area contributed by atoms with Gasteiger partial charge >= 0.3 is 0 Å². The minimum Gasteiger partial charge on any atom is -0.477 e. The van der Waals surface area contributed by atoms with Gasteiger partial charge in [-0.2, -0.15) is 11.3 Å². The molecule has 2 heterocycles. The lowest BCUT2D eigenvalue weighted by molar-refractivity contribution is 0.288. The quantitative estimate of drug-likeness (QED) is 0.380. The van der Waals surface area contributed by atoms with Crippen molar-refractivity contribution >= 4 is 41.3 Å². The number of aliphatic imine (C=N–C) groups is 1. The first-order valence-electron chi connectivity index (χ1n) is 7.87. The Bertz CT molecular complexity index is 644. The number of thiophene rings is 1. The highest BCUT2D eigenvalue weighted by atomic mass is 127. The van der Waals surface area contributed by atoms with Gasteiger partial charge in [-0.15, -0.1) is 24.0 Å². The van der Waals surface area contributed by atoms with Crippen molar-refractivity contribution in [1.29, 1.82) is 0 Å². The van der Waals surface area contributed by atoms with E-state index in [1.807, 2.05) is 12.1 Å². The number of nitrogens with zero attached hydrogens (tertiary/aromatic N) is 2. The molecule has 0 atom stereocenters. The van der Waals surface area contributed by atoms with Gasteiger partial charge in [-0.25, -0.2) is 4.98 Å². The third kappa shape index (κ3) is 6.27. The molecule has 24 heavy (non-hydrogen) atoms. The van der Waals surface area contributed by atoms with E-state index in [1.54, 1.807) is 24.6 Å². The molecule has 1 aliphatic carbocycles. The number of guanidine groups is 1. The van der Waals surface area contributed by atoms with Crippen LogP contribution in [0.25, 0.3) is 0 Å². The van der Waals surface area contributed by atoms with Crippen LogP contribution in [0.15, 0.2) is 40.1 Å². The lowest BCUT2D eigenvalue weighted by atomic mass is 10.2. The number of aromatic nitrogens is 1. The number of pyridine rings is 1. The van der Waals surface area contributed by atoms with Crippen LogP contribution in [-0.4, -0.2) is 24.6 Å². The summed E-state index contributed by atoms with van der Waals surface area (Å²) in [6.07, 6.45) is 4.36. The first-order valence-corrected chi connectivity index (χ1v) is 8.81. The maximum atomic E-state index is 5.72. The fraction of sp³-hybridized carbons (Fsp3) is 0.412. The average Bonchev–Trinajstić information content (AvgIpc) is 3.27. The molecular formula is C17H23IN4OS. The van der Waals surface area contributed by atoms with Crippen molar-refractivity contribution in [3.8, 4) is 5.88 Å². The molecule has 0 radical (unpaired) electrons. The number of nitrogens with one attached hydrogen (secondary N) is 2. The van der Waals surface area contributed by atoms with Crippen LogP contribution in [0.3, 0.4) is 0 Å². The molecule has 2 N–H and O–H groups in total. The molecule has 1 saturated carbocycles. The summed E-state index contributed by atoms with van der Waals surface area (Å²) in [5.74, 6) is 2.23. The summed E-state index contributed by atoms with van der Waals surface area (Å²) in [5, 5.41) is 10.8. The second-order valence-corrected chi connectivity index (χ2v) is 6.45. The van der Waals surface area contributed by atoms with E-state index in [9.17, 15) is 0 Å². The van der Waals surface area contributed by atoms with Crippen LogP contribution in [0, 0.1) is 5.92 Å². The Hall–Kier alpha value is -1.35. The van der Waals surface area contributed by atoms with Gasteiger partial charge in [0.25, 0.3) is 0 Å². The second kappa shape index (κ2) is 9.83. The Morgan fingerprint density at radius 2 is 2.08 bits per heavy atom. The molecule has 0 amide bonds. The first-order chi connectivity index (χ1) is 11.3. The largest absolute Gasteiger partial charge is 0.477 e. The molecule has 0 saturated heterocycles. The van der Waals surface area contributed by atoms with Gasteiger partial charge in [-0.3, -0.25) is 4.99 Å². The zero-order valence-electron chi connectivity index (χ0n) is 13.7. The molecule has 0 bridgehead atoms. The number of hydrogen-bond donors (Lipinski definition) is 2. The van der Waals surface area contributed by atoms with E-state index in [-0.39, 0.29) is 24.0 Å². The summed E-state index contributed by atoms with van der Waals surface area (Å²) in [5.41, 5.74) is 2.39. The SMILES string of the molecule is CN=C(NCc1ccsc1)NCc1ccnc(OCC2CC2)c1.I. The van der Waals surface area contributed by atoms with Crippen LogP contribution in [0.2, 0.25) is 0 Å². The van der Waals surface area contributed by atoms with Gasteiger partial charge in [0.2, 0.25) is 5.88 Å². The van der Waals surface area contributed by atoms with Gasteiger partial charge in [0.1, 0.15) is 0 Å². The number of rotatable bonds is 7. The lowest BCUT2D eigenvalue weighted by Crippen LogP contribution is -2.36. The first kappa shape index (κ1) is 19.0. The standard InChI is InChI=1S/C17H22N4OS.HI/c1-18-17(21-10-15-5-7-23-12-15)20-9-14-4-6-19-16(8-14)22-11-13-2-3-13;/h4-8,12-13H,2-3,9-11H2,1H3,(H2,18,20,21);1H. The van der Waals surface area contributed by atoms with E-state index in [0.29, 0.717) is 12.4 Å². The van der Waals surface area contributed by atoms with Crippen molar-refractivity contribution in [1.82, 2.24) is 15.6 Å². The molecule has 1 fully saturated rings. The van der Waals surface area contributed by atoms with Crippen molar-refractivity contribution in [2.45, 2.75) is 25.9 Å². The smallest absolute Gasteiger partial charge is 0.213 e. The van der Waals surface area contributed by atoms with Crippen molar-refractivity contribution in [2.75, 3.05) is 13.7 Å². The van der Waals surface area contributed by atoms with Crippen LogP contribution < -0.4 is 15.4 Å². The highest BCUT2D eigenvalue weighted by Crippen LogP contribution is 2.29. The minimum absolute atomic E-state index is 0. The molecule has 3 rings (SSSR count). The fourth-order valence-corrected chi connectivity index (χ4v) is 2.78. The maximum Gasteiger partial charge on any atom is 0.213 e. The molecule has 2 aromatic rings. The van der Waals surface area contributed by atoms with E-state index in [0.717, 1.165) is 30.6 Å². The molecule has 5 nitrogen and oxygen atoms in total. The van der Waals surface area contributed by atoms with Gasteiger partial charge in [0.05, 0.1) is 6.61 Å². The van der Waals surface area contributed by atoms with Gasteiger partial charge < -0.3 is 15.4 Å². The van der Waals surface area contributed by atoms with Crippen molar-refractivity contribution in [3.63, 3.8) is 0 Å². The normalized spacial score (nSPS) is 14.0. The Kier molecular flexibility index (Phi) is 7.77. The number of hydrogen-bond acceptors (Lipinski definition) is 4. The number of halogens is 1. The van der Waals surface area contributed by atoms with Crippen LogP contribution >= 0.6 is 35.3 Å². The molecule has 1 aliphatic rings. The zero-order valence-corrected chi connectivity index (χ0v) is 16.8. The topological polar surface area (TPSA) is 58.5 Å². The van der Waals surface area contributed by atoms with Crippen LogP contribution in [-0.2, 0) is 13.1 Å². The Balaban J connectivity index is 0.00000208. The minimum atomic E-state index is 0. The zero-order chi connectivity index (χ0) is 15.9. The van der Waals surface area contributed by atoms with Crippen LogP contribution in [0.1, 0.15) is 24.0 Å².